The molecule has 20 heavy (non-hydrogen) atoms. The van der Waals surface area contributed by atoms with E-state index in [1.54, 1.807) is 6.07 Å². The summed E-state index contributed by atoms with van der Waals surface area (Å²) in [5, 5.41) is 10.4. The smallest absolute Gasteiger partial charge is 0.246 e. The van der Waals surface area contributed by atoms with E-state index < -0.39 is 10.0 Å². The number of nitrogens with zero attached hydrogens (tertiary/aromatic N) is 4. The molecule has 0 unspecified atom stereocenters. The molecule has 1 saturated heterocycles. The Morgan fingerprint density at radius 1 is 1.35 bits per heavy atom. The molecule has 2 aromatic heterocycles. The maximum absolute atomic E-state index is 12.3. The predicted molar refractivity (Wildman–Crippen MR) is 72.3 cm³/mol. The summed E-state index contributed by atoms with van der Waals surface area (Å²) in [6.07, 6.45) is 6.00. The van der Waals surface area contributed by atoms with Crippen LogP contribution in [0.1, 0.15) is 18.9 Å². The van der Waals surface area contributed by atoms with E-state index in [1.165, 1.54) is 16.7 Å². The van der Waals surface area contributed by atoms with Gasteiger partial charge in [0.05, 0.1) is 12.2 Å². The van der Waals surface area contributed by atoms with Crippen molar-refractivity contribution >= 4 is 15.8 Å². The van der Waals surface area contributed by atoms with E-state index in [-0.39, 0.29) is 10.9 Å². The van der Waals surface area contributed by atoms with Crippen molar-refractivity contribution in [2.24, 2.45) is 0 Å². The fourth-order valence-electron chi connectivity index (χ4n) is 2.43. The van der Waals surface area contributed by atoms with Crippen molar-refractivity contribution < 1.29 is 8.42 Å². The predicted octanol–water partition coefficient (Wildman–Crippen LogP) is 0.214. The summed E-state index contributed by atoms with van der Waals surface area (Å²) in [6, 6.07) is 1.94. The van der Waals surface area contributed by atoms with Crippen molar-refractivity contribution in [3.8, 4) is 0 Å². The van der Waals surface area contributed by atoms with E-state index in [2.05, 4.69) is 15.3 Å². The van der Waals surface area contributed by atoms with Crippen LogP contribution in [-0.2, 0) is 10.0 Å². The lowest BCUT2D eigenvalue weighted by molar-refractivity contribution is 0.261. The Bertz CT molecular complexity index is 670. The topological polar surface area (TPSA) is 110 Å². The minimum atomic E-state index is -3.43. The first-order valence-electron chi connectivity index (χ1n) is 6.37. The molecule has 1 aliphatic heterocycles. The molecule has 0 radical (unpaired) electrons. The molecule has 3 heterocycles. The number of aromatic nitrogens is 4. The number of H-pyrrole nitrogens is 1. The molecular weight excluding hydrogens is 280 g/mol. The second-order valence-corrected chi connectivity index (χ2v) is 6.73. The third-order valence-corrected chi connectivity index (χ3v) is 5.40. The van der Waals surface area contributed by atoms with Crippen molar-refractivity contribution in [1.82, 2.24) is 24.3 Å². The van der Waals surface area contributed by atoms with E-state index in [0.29, 0.717) is 18.9 Å². The highest BCUT2D eigenvalue weighted by molar-refractivity contribution is 7.89. The Balaban J connectivity index is 1.70. The highest BCUT2D eigenvalue weighted by Gasteiger charge is 2.30. The van der Waals surface area contributed by atoms with Crippen LogP contribution in [0.5, 0.6) is 0 Å². The second kappa shape index (κ2) is 4.91. The number of sulfonamides is 1. The monoisotopic (exact) mass is 296 g/mol. The molecule has 0 aliphatic carbocycles. The summed E-state index contributed by atoms with van der Waals surface area (Å²) >= 11 is 0. The molecule has 8 nitrogen and oxygen atoms in total. The van der Waals surface area contributed by atoms with Gasteiger partial charge in [0, 0.05) is 25.5 Å². The lowest BCUT2D eigenvalue weighted by Crippen LogP contribution is -2.39. The molecule has 0 aromatic carbocycles. The zero-order valence-corrected chi connectivity index (χ0v) is 11.6. The van der Waals surface area contributed by atoms with Crippen LogP contribution in [0, 0.1) is 0 Å². The van der Waals surface area contributed by atoms with Gasteiger partial charge in [-0.25, -0.2) is 8.42 Å². The number of hydrogen-bond acceptors (Lipinski definition) is 5. The zero-order chi connectivity index (χ0) is 14.2. The summed E-state index contributed by atoms with van der Waals surface area (Å²) in [5.74, 6) is 0.485. The van der Waals surface area contributed by atoms with Crippen molar-refractivity contribution in [2.45, 2.75) is 23.8 Å². The summed E-state index contributed by atoms with van der Waals surface area (Å²) in [5.41, 5.74) is 5.60. The van der Waals surface area contributed by atoms with Crippen LogP contribution >= 0.6 is 0 Å². The maximum Gasteiger partial charge on any atom is 0.246 e. The van der Waals surface area contributed by atoms with Crippen LogP contribution in [0.25, 0.3) is 0 Å². The van der Waals surface area contributed by atoms with Gasteiger partial charge in [0.2, 0.25) is 10.0 Å². The van der Waals surface area contributed by atoms with Crippen LogP contribution < -0.4 is 5.73 Å². The highest BCUT2D eigenvalue weighted by Crippen LogP contribution is 2.26. The third kappa shape index (κ3) is 2.29. The number of anilines is 1. The van der Waals surface area contributed by atoms with Crippen LogP contribution in [0.2, 0.25) is 0 Å². The Hall–Kier alpha value is -1.87. The quantitative estimate of drug-likeness (QED) is 0.841. The number of rotatable bonds is 3. The summed E-state index contributed by atoms with van der Waals surface area (Å²) in [4.78, 5) is 0.208. The molecule has 3 N–H and O–H groups in total. The van der Waals surface area contributed by atoms with Gasteiger partial charge in [-0.3, -0.25) is 9.78 Å². The minimum absolute atomic E-state index is 0.197. The molecule has 108 valence electrons. The number of nitrogen functional groups attached to an aromatic ring is 1. The van der Waals surface area contributed by atoms with Gasteiger partial charge < -0.3 is 5.73 Å². The Morgan fingerprint density at radius 3 is 2.65 bits per heavy atom. The molecule has 3 rings (SSSR count). The van der Waals surface area contributed by atoms with E-state index in [1.807, 2.05) is 10.9 Å². The lowest BCUT2D eigenvalue weighted by Gasteiger charge is -2.30. The molecule has 0 saturated carbocycles. The standard InChI is InChI=1S/C11H16N6O2S/c12-11-3-6-17(15-11)9-1-4-16(5-2-9)20(18,19)10-7-13-14-8-10/h3,6-9H,1-2,4-5H2,(H2,12,15)(H,13,14). The van der Waals surface area contributed by atoms with E-state index in [0.717, 1.165) is 12.8 Å². The zero-order valence-electron chi connectivity index (χ0n) is 10.8. The first-order valence-corrected chi connectivity index (χ1v) is 7.81. The number of hydrogen-bond donors (Lipinski definition) is 2. The van der Waals surface area contributed by atoms with Gasteiger partial charge in [0.1, 0.15) is 10.7 Å². The van der Waals surface area contributed by atoms with Gasteiger partial charge in [-0.1, -0.05) is 0 Å². The van der Waals surface area contributed by atoms with Crippen molar-refractivity contribution in [1.29, 1.82) is 0 Å². The molecule has 2 aromatic rings. The summed E-state index contributed by atoms with van der Waals surface area (Å²) < 4.78 is 27.9. The summed E-state index contributed by atoms with van der Waals surface area (Å²) in [7, 11) is -3.43. The van der Waals surface area contributed by atoms with E-state index >= 15 is 0 Å². The average molecular weight is 296 g/mol. The Labute approximate surface area is 116 Å². The van der Waals surface area contributed by atoms with Gasteiger partial charge in [0.15, 0.2) is 0 Å². The van der Waals surface area contributed by atoms with Crippen LogP contribution in [0.15, 0.2) is 29.6 Å². The molecule has 0 bridgehead atoms. The molecule has 0 amide bonds. The normalized spacial score (nSPS) is 18.4. The first-order chi connectivity index (χ1) is 9.57. The van der Waals surface area contributed by atoms with Gasteiger partial charge in [-0.2, -0.15) is 14.5 Å². The second-order valence-electron chi connectivity index (χ2n) is 4.79. The molecule has 0 spiro atoms. The van der Waals surface area contributed by atoms with E-state index in [4.69, 9.17) is 5.73 Å². The number of piperidine rings is 1. The van der Waals surface area contributed by atoms with Gasteiger partial charge in [-0.15, -0.1) is 0 Å². The van der Waals surface area contributed by atoms with Crippen molar-refractivity contribution in [3.05, 3.63) is 24.7 Å². The average Bonchev–Trinajstić information content (AvgIpc) is 3.10. The number of aromatic amines is 1. The molecule has 9 heteroatoms. The Morgan fingerprint density at radius 2 is 2.10 bits per heavy atom. The van der Waals surface area contributed by atoms with Crippen LogP contribution in [-0.4, -0.2) is 45.8 Å². The van der Waals surface area contributed by atoms with Gasteiger partial charge in [0.25, 0.3) is 0 Å². The minimum Gasteiger partial charge on any atom is -0.382 e. The van der Waals surface area contributed by atoms with E-state index in [9.17, 15) is 8.42 Å². The third-order valence-electron chi connectivity index (χ3n) is 3.54. The number of nitrogens with one attached hydrogen (secondary N) is 1. The van der Waals surface area contributed by atoms with Crippen molar-refractivity contribution in [3.63, 3.8) is 0 Å². The van der Waals surface area contributed by atoms with Crippen LogP contribution in [0.4, 0.5) is 5.82 Å². The molecule has 1 fully saturated rings. The highest BCUT2D eigenvalue weighted by atomic mass is 32.2. The van der Waals surface area contributed by atoms with Gasteiger partial charge >= 0.3 is 0 Å². The largest absolute Gasteiger partial charge is 0.382 e. The van der Waals surface area contributed by atoms with Crippen molar-refractivity contribution in [2.75, 3.05) is 18.8 Å². The fraction of sp³-hybridized carbons (Fsp3) is 0.455. The first kappa shape index (κ1) is 13.1. The van der Waals surface area contributed by atoms with Crippen LogP contribution in [0.3, 0.4) is 0 Å². The SMILES string of the molecule is Nc1ccn(C2CCN(S(=O)(=O)c3cn[nH]c3)CC2)n1. The Kier molecular flexibility index (Phi) is 3.22. The fourth-order valence-corrected chi connectivity index (χ4v) is 3.81. The molecule has 0 atom stereocenters. The van der Waals surface area contributed by atoms with Gasteiger partial charge in [-0.05, 0) is 18.9 Å². The summed E-state index contributed by atoms with van der Waals surface area (Å²) in [6.45, 7) is 0.940. The number of nitrogens with two attached hydrogens (primary N) is 1. The maximum atomic E-state index is 12.3. The molecule has 1 aliphatic rings. The molecular formula is C11H16N6O2S. The lowest BCUT2D eigenvalue weighted by atomic mass is 10.1.